The Morgan fingerprint density at radius 1 is 1.43 bits per heavy atom. The number of nitrogens with zero attached hydrogens (tertiary/aromatic N) is 1. The van der Waals surface area contributed by atoms with Crippen molar-refractivity contribution in [2.75, 3.05) is 32.0 Å². The number of carbonyl (C=O) groups is 1. The van der Waals surface area contributed by atoms with Crippen LogP contribution in [-0.4, -0.2) is 48.1 Å². The highest BCUT2D eigenvalue weighted by atomic mass is 16.5. The van der Waals surface area contributed by atoms with Gasteiger partial charge in [0.15, 0.2) is 5.78 Å². The van der Waals surface area contributed by atoms with Crippen molar-refractivity contribution in [1.29, 1.82) is 0 Å². The van der Waals surface area contributed by atoms with E-state index < -0.39 is 0 Å². The van der Waals surface area contributed by atoms with E-state index in [1.165, 1.54) is 12.8 Å². The van der Waals surface area contributed by atoms with E-state index in [9.17, 15) is 9.90 Å². The monoisotopic (exact) mass is 320 g/mol. The van der Waals surface area contributed by atoms with Crippen molar-refractivity contribution in [1.82, 2.24) is 4.90 Å². The Balaban J connectivity index is 1.92. The van der Waals surface area contributed by atoms with Gasteiger partial charge in [-0.05, 0) is 50.9 Å². The van der Waals surface area contributed by atoms with E-state index in [0.717, 1.165) is 25.9 Å². The standard InChI is InChI=1S/C18H28N2O3/c1-2-23-18-7-6-14(13-16(18)19)17(22)8-11-20-10-4-3-5-15(20)9-12-21/h6-7,13,15,21H,2-5,8-12,19H2,1H3. The number of ketones is 1. The molecule has 1 aromatic carbocycles. The van der Waals surface area contributed by atoms with E-state index in [2.05, 4.69) is 4.90 Å². The summed E-state index contributed by atoms with van der Waals surface area (Å²) in [6, 6.07) is 5.66. The molecule has 0 spiro atoms. The normalized spacial score (nSPS) is 18.8. The molecule has 1 heterocycles. The van der Waals surface area contributed by atoms with Crippen molar-refractivity contribution in [2.45, 2.75) is 45.1 Å². The molecule has 128 valence electrons. The molecule has 0 bridgehead atoms. The molecule has 0 aromatic heterocycles. The predicted octanol–water partition coefficient (Wildman–Crippen LogP) is 2.48. The number of Topliss-reactive ketones (excluding diaryl/α,β-unsaturated/α-hetero) is 1. The maximum absolute atomic E-state index is 12.4. The van der Waals surface area contributed by atoms with Crippen LogP contribution in [0.2, 0.25) is 0 Å². The number of benzene rings is 1. The van der Waals surface area contributed by atoms with E-state index >= 15 is 0 Å². The topological polar surface area (TPSA) is 75.8 Å². The number of aliphatic hydroxyl groups is 1. The Morgan fingerprint density at radius 2 is 2.26 bits per heavy atom. The Hall–Kier alpha value is -1.59. The highest BCUT2D eigenvalue weighted by Gasteiger charge is 2.22. The van der Waals surface area contributed by atoms with Crippen molar-refractivity contribution in [3.05, 3.63) is 23.8 Å². The zero-order valence-corrected chi connectivity index (χ0v) is 14.0. The van der Waals surface area contributed by atoms with Crippen LogP contribution in [0.3, 0.4) is 0 Å². The molecule has 5 heteroatoms. The zero-order chi connectivity index (χ0) is 16.7. The summed E-state index contributed by atoms with van der Waals surface area (Å²) < 4.78 is 5.40. The van der Waals surface area contributed by atoms with Gasteiger partial charge in [0.25, 0.3) is 0 Å². The lowest BCUT2D eigenvalue weighted by Crippen LogP contribution is -2.41. The average molecular weight is 320 g/mol. The molecular formula is C18H28N2O3. The maximum Gasteiger partial charge on any atom is 0.164 e. The Labute approximate surface area is 138 Å². The first kappa shape index (κ1) is 17.8. The van der Waals surface area contributed by atoms with Crippen molar-refractivity contribution < 1.29 is 14.6 Å². The summed E-state index contributed by atoms with van der Waals surface area (Å²) in [6.45, 7) is 4.43. The minimum absolute atomic E-state index is 0.105. The van der Waals surface area contributed by atoms with Gasteiger partial charge in [0.05, 0.1) is 12.3 Å². The van der Waals surface area contributed by atoms with Crippen molar-refractivity contribution in [3.63, 3.8) is 0 Å². The number of rotatable bonds is 8. The molecule has 2 rings (SSSR count). The Bertz CT molecular complexity index is 517. The van der Waals surface area contributed by atoms with Crippen molar-refractivity contribution >= 4 is 11.5 Å². The molecule has 0 radical (unpaired) electrons. The van der Waals surface area contributed by atoms with Gasteiger partial charge in [-0.15, -0.1) is 0 Å². The Kier molecular flexibility index (Phi) is 6.86. The van der Waals surface area contributed by atoms with Crippen LogP contribution < -0.4 is 10.5 Å². The van der Waals surface area contributed by atoms with Crippen LogP contribution >= 0.6 is 0 Å². The van der Waals surface area contributed by atoms with Gasteiger partial charge >= 0.3 is 0 Å². The number of nitrogens with two attached hydrogens (primary N) is 1. The molecule has 0 amide bonds. The molecule has 1 atom stereocenters. The number of aliphatic hydroxyl groups excluding tert-OH is 1. The molecule has 1 aromatic rings. The van der Waals surface area contributed by atoms with Crippen LogP contribution in [0.25, 0.3) is 0 Å². The van der Waals surface area contributed by atoms with Gasteiger partial charge in [-0.1, -0.05) is 6.42 Å². The molecule has 1 unspecified atom stereocenters. The zero-order valence-electron chi connectivity index (χ0n) is 14.0. The maximum atomic E-state index is 12.4. The lowest BCUT2D eigenvalue weighted by Gasteiger charge is -2.35. The van der Waals surface area contributed by atoms with Gasteiger partial charge < -0.3 is 15.6 Å². The second-order valence-electron chi connectivity index (χ2n) is 6.06. The molecule has 5 nitrogen and oxygen atoms in total. The fraction of sp³-hybridized carbons (Fsp3) is 0.611. The molecule has 1 saturated heterocycles. The second-order valence-corrected chi connectivity index (χ2v) is 6.06. The predicted molar refractivity (Wildman–Crippen MR) is 91.9 cm³/mol. The first-order chi connectivity index (χ1) is 11.2. The lowest BCUT2D eigenvalue weighted by atomic mass is 9.98. The van der Waals surface area contributed by atoms with Crippen LogP contribution in [0.5, 0.6) is 5.75 Å². The molecular weight excluding hydrogens is 292 g/mol. The van der Waals surface area contributed by atoms with Crippen molar-refractivity contribution in [3.8, 4) is 5.75 Å². The van der Waals surface area contributed by atoms with E-state index in [1.807, 2.05) is 6.92 Å². The summed E-state index contributed by atoms with van der Waals surface area (Å²) in [6.07, 6.45) is 4.78. The first-order valence-electron chi connectivity index (χ1n) is 8.56. The smallest absolute Gasteiger partial charge is 0.164 e. The minimum Gasteiger partial charge on any atom is -0.492 e. The van der Waals surface area contributed by atoms with E-state index in [-0.39, 0.29) is 12.4 Å². The third-order valence-corrected chi connectivity index (χ3v) is 4.47. The van der Waals surface area contributed by atoms with E-state index in [0.29, 0.717) is 36.1 Å². The number of likely N-dealkylation sites (tertiary alicyclic amines) is 1. The van der Waals surface area contributed by atoms with Gasteiger partial charge in [0.1, 0.15) is 5.75 Å². The Morgan fingerprint density at radius 3 is 2.96 bits per heavy atom. The number of nitrogen functional groups attached to an aromatic ring is 1. The largest absolute Gasteiger partial charge is 0.492 e. The van der Waals surface area contributed by atoms with Crippen LogP contribution in [0.4, 0.5) is 5.69 Å². The van der Waals surface area contributed by atoms with Crippen LogP contribution in [-0.2, 0) is 0 Å². The van der Waals surface area contributed by atoms with Gasteiger partial charge in [-0.3, -0.25) is 9.69 Å². The molecule has 1 fully saturated rings. The van der Waals surface area contributed by atoms with Gasteiger partial charge in [-0.2, -0.15) is 0 Å². The SMILES string of the molecule is CCOc1ccc(C(=O)CCN2CCCCC2CCO)cc1N. The minimum atomic E-state index is 0.105. The molecule has 3 N–H and O–H groups in total. The first-order valence-corrected chi connectivity index (χ1v) is 8.56. The van der Waals surface area contributed by atoms with E-state index in [1.54, 1.807) is 18.2 Å². The third-order valence-electron chi connectivity index (χ3n) is 4.47. The average Bonchev–Trinajstić information content (AvgIpc) is 2.56. The van der Waals surface area contributed by atoms with Crippen LogP contribution in [0.15, 0.2) is 18.2 Å². The second kappa shape index (κ2) is 8.89. The summed E-state index contributed by atoms with van der Waals surface area (Å²) in [7, 11) is 0. The third kappa shape index (κ3) is 4.94. The molecule has 1 aliphatic heterocycles. The highest BCUT2D eigenvalue weighted by Crippen LogP contribution is 2.24. The number of carbonyl (C=O) groups excluding carboxylic acids is 1. The number of hydrogen-bond acceptors (Lipinski definition) is 5. The summed E-state index contributed by atoms with van der Waals surface area (Å²) >= 11 is 0. The summed E-state index contributed by atoms with van der Waals surface area (Å²) in [5.41, 5.74) is 7.08. The quantitative estimate of drug-likeness (QED) is 0.568. The molecule has 0 saturated carbocycles. The number of hydrogen-bond donors (Lipinski definition) is 2. The van der Waals surface area contributed by atoms with Crippen LogP contribution in [0, 0.1) is 0 Å². The van der Waals surface area contributed by atoms with Gasteiger partial charge in [0, 0.05) is 31.2 Å². The van der Waals surface area contributed by atoms with Crippen LogP contribution in [0.1, 0.15) is 49.4 Å². The summed E-state index contributed by atoms with van der Waals surface area (Å²) in [5.74, 6) is 0.733. The number of anilines is 1. The molecule has 1 aliphatic rings. The fourth-order valence-electron chi connectivity index (χ4n) is 3.23. The van der Waals surface area contributed by atoms with Crippen molar-refractivity contribution in [2.24, 2.45) is 0 Å². The molecule has 23 heavy (non-hydrogen) atoms. The summed E-state index contributed by atoms with van der Waals surface area (Å²) in [5, 5.41) is 9.17. The van der Waals surface area contributed by atoms with Gasteiger partial charge in [0.2, 0.25) is 0 Å². The highest BCUT2D eigenvalue weighted by molar-refractivity contribution is 5.97. The number of ether oxygens (including phenoxy) is 1. The number of piperidine rings is 1. The van der Waals surface area contributed by atoms with Gasteiger partial charge in [-0.25, -0.2) is 0 Å². The lowest BCUT2D eigenvalue weighted by molar-refractivity contribution is 0.0896. The summed E-state index contributed by atoms with van der Waals surface area (Å²) in [4.78, 5) is 14.7. The van der Waals surface area contributed by atoms with E-state index in [4.69, 9.17) is 10.5 Å². The molecule has 0 aliphatic carbocycles. The fourth-order valence-corrected chi connectivity index (χ4v) is 3.23.